The molecule has 0 bridgehead atoms. The topological polar surface area (TPSA) is 98.2 Å². The van der Waals surface area contributed by atoms with E-state index < -0.39 is 12.1 Å². The number of rotatable bonds is 7. The fraction of sp³-hybridized carbons (Fsp3) is 0.318. The van der Waals surface area contributed by atoms with Crippen molar-refractivity contribution < 1.29 is 23.4 Å². The molecule has 1 aromatic heterocycles. The third kappa shape index (κ3) is 4.05. The van der Waals surface area contributed by atoms with Gasteiger partial charge in [0, 0.05) is 17.1 Å². The molecule has 4 rings (SSSR count). The van der Waals surface area contributed by atoms with Gasteiger partial charge in [-0.25, -0.2) is 4.79 Å². The third-order valence-electron chi connectivity index (χ3n) is 5.33. The Hall–Kier alpha value is -3.40. The van der Waals surface area contributed by atoms with Gasteiger partial charge in [-0.15, -0.1) is 11.8 Å². The molecule has 0 saturated heterocycles. The standard InChI is InChI=1S/C22H23N5O4S/c1-4-27-20-19(14(2)24-27)25(13-18(28)23-15-7-5-9-17(11-15)32-3)22(30)26(21(20)29)12-16-8-6-10-31-16/h5-11,20H,4,12-13H2,1-3H3/p+1. The lowest BCUT2D eigenvalue weighted by Crippen LogP contribution is -2.61. The minimum Gasteiger partial charge on any atom is -0.465 e. The maximum atomic E-state index is 13.3. The number of nitrogens with one attached hydrogen (secondary N) is 1. The van der Waals surface area contributed by atoms with Gasteiger partial charge in [-0.3, -0.25) is 9.80 Å². The van der Waals surface area contributed by atoms with E-state index in [0.29, 0.717) is 29.4 Å². The number of thioether (sulfide) groups is 1. The van der Waals surface area contributed by atoms with Gasteiger partial charge in [0.2, 0.25) is 6.04 Å². The lowest BCUT2D eigenvalue weighted by atomic mass is 10.0. The summed E-state index contributed by atoms with van der Waals surface area (Å²) in [5, 5.41) is 8.93. The van der Waals surface area contributed by atoms with E-state index in [0.717, 1.165) is 9.80 Å². The molecule has 2 aromatic rings. The molecule has 166 valence electrons. The predicted octanol–water partition coefficient (Wildman–Crippen LogP) is 2.64. The molecule has 1 unspecified atom stereocenters. The Morgan fingerprint density at radius 3 is 2.78 bits per heavy atom. The maximum absolute atomic E-state index is 13.3. The molecule has 1 aromatic carbocycles. The Morgan fingerprint density at radius 2 is 2.09 bits per heavy atom. The van der Waals surface area contributed by atoms with Crippen molar-refractivity contribution in [3.63, 3.8) is 0 Å². The summed E-state index contributed by atoms with van der Waals surface area (Å²) in [4.78, 5) is 41.6. The molecule has 2 aliphatic heterocycles. The molecule has 32 heavy (non-hydrogen) atoms. The van der Waals surface area contributed by atoms with Crippen LogP contribution in [0.15, 0.2) is 57.1 Å². The van der Waals surface area contributed by atoms with Crippen LogP contribution in [0.2, 0.25) is 0 Å². The Balaban J connectivity index is 1.65. The molecule has 0 radical (unpaired) electrons. The van der Waals surface area contributed by atoms with Crippen molar-refractivity contribution in [3.05, 3.63) is 48.4 Å². The van der Waals surface area contributed by atoms with Crippen LogP contribution in [-0.2, 0) is 16.1 Å². The number of carbonyl (C=O) groups excluding carboxylic acids is 3. The molecular weight excluding hydrogens is 430 g/mol. The number of carbonyl (C=O) groups is 3. The van der Waals surface area contributed by atoms with Gasteiger partial charge in [-0.1, -0.05) is 6.07 Å². The van der Waals surface area contributed by atoms with E-state index in [4.69, 9.17) is 4.42 Å². The average Bonchev–Trinajstić information content (AvgIpc) is 3.41. The van der Waals surface area contributed by atoms with Crippen LogP contribution in [0.3, 0.4) is 0 Å². The van der Waals surface area contributed by atoms with Crippen LogP contribution in [0.1, 0.15) is 19.6 Å². The fourth-order valence-electron chi connectivity index (χ4n) is 3.87. The van der Waals surface area contributed by atoms with Gasteiger partial charge in [-0.2, -0.15) is 19.4 Å². The minimum atomic E-state index is -0.750. The zero-order chi connectivity index (χ0) is 22.8. The molecule has 3 heterocycles. The number of benzene rings is 1. The number of nitrogens with zero attached hydrogens (tertiary/aromatic N) is 4. The molecule has 0 spiro atoms. The number of anilines is 1. The zero-order valence-corrected chi connectivity index (χ0v) is 18.9. The third-order valence-corrected chi connectivity index (χ3v) is 6.06. The molecule has 2 aliphatic rings. The first-order chi connectivity index (χ1) is 15.4. The summed E-state index contributed by atoms with van der Waals surface area (Å²) in [6.45, 7) is 3.87. The summed E-state index contributed by atoms with van der Waals surface area (Å²) in [7, 11) is 0. The summed E-state index contributed by atoms with van der Waals surface area (Å²) in [6, 6.07) is 9.53. The number of hydrogen-bond donors (Lipinski definition) is 1. The van der Waals surface area contributed by atoms with E-state index in [1.54, 1.807) is 41.9 Å². The number of amides is 4. The Morgan fingerprint density at radius 1 is 1.28 bits per heavy atom. The van der Waals surface area contributed by atoms with Gasteiger partial charge in [0.25, 0.3) is 5.91 Å². The Bertz CT molecular complexity index is 1130. The molecule has 1 atom stereocenters. The second-order valence-electron chi connectivity index (χ2n) is 7.38. The molecule has 0 saturated carbocycles. The SMILES string of the molecule is CCN1N=C(C)C2=[N+](CC(=O)Nc3cccc(SC)c3)C(=O)N(Cc3ccco3)C(=O)C21. The van der Waals surface area contributed by atoms with Crippen molar-refractivity contribution in [1.82, 2.24) is 9.91 Å². The highest BCUT2D eigenvalue weighted by atomic mass is 32.2. The lowest BCUT2D eigenvalue weighted by molar-refractivity contribution is -0.427. The monoisotopic (exact) mass is 454 g/mol. The molecule has 10 heteroatoms. The highest BCUT2D eigenvalue weighted by Crippen LogP contribution is 2.23. The van der Waals surface area contributed by atoms with E-state index in [2.05, 4.69) is 10.4 Å². The smallest absolute Gasteiger partial charge is 0.465 e. The zero-order valence-electron chi connectivity index (χ0n) is 18.1. The van der Waals surface area contributed by atoms with Crippen LogP contribution in [0.5, 0.6) is 0 Å². The molecule has 0 fully saturated rings. The van der Waals surface area contributed by atoms with E-state index in [-0.39, 0.29) is 24.9 Å². The Labute approximate surface area is 189 Å². The summed E-state index contributed by atoms with van der Waals surface area (Å²) >= 11 is 1.57. The molecule has 9 nitrogen and oxygen atoms in total. The second kappa shape index (κ2) is 8.99. The highest BCUT2D eigenvalue weighted by Gasteiger charge is 2.54. The van der Waals surface area contributed by atoms with Gasteiger partial charge < -0.3 is 9.73 Å². The molecule has 1 N–H and O–H groups in total. The van der Waals surface area contributed by atoms with Gasteiger partial charge >= 0.3 is 11.9 Å². The normalized spacial score (nSPS) is 18.2. The van der Waals surface area contributed by atoms with Crippen LogP contribution in [0, 0.1) is 0 Å². The van der Waals surface area contributed by atoms with Crippen LogP contribution >= 0.6 is 11.8 Å². The first-order valence-corrected chi connectivity index (χ1v) is 11.4. The summed E-state index contributed by atoms with van der Waals surface area (Å²) in [5.41, 5.74) is 1.64. The van der Waals surface area contributed by atoms with Crippen molar-refractivity contribution >= 4 is 46.7 Å². The number of hydrazone groups is 1. The van der Waals surface area contributed by atoms with E-state index >= 15 is 0 Å². The van der Waals surface area contributed by atoms with Crippen LogP contribution in [-0.4, -0.2) is 69.1 Å². The van der Waals surface area contributed by atoms with Crippen molar-refractivity contribution in [3.8, 4) is 0 Å². The minimum absolute atomic E-state index is 0.0149. The number of furan rings is 1. The quantitative estimate of drug-likeness (QED) is 0.510. The van der Waals surface area contributed by atoms with E-state index in [1.807, 2.05) is 31.4 Å². The van der Waals surface area contributed by atoms with Gasteiger partial charge in [0.05, 0.1) is 6.26 Å². The fourth-order valence-corrected chi connectivity index (χ4v) is 4.33. The molecular formula is C22H24N5O4S+. The van der Waals surface area contributed by atoms with E-state index in [9.17, 15) is 14.4 Å². The summed E-state index contributed by atoms with van der Waals surface area (Å²) < 4.78 is 6.69. The summed E-state index contributed by atoms with van der Waals surface area (Å²) in [5.74, 6) is -0.266. The van der Waals surface area contributed by atoms with Gasteiger partial charge in [0.15, 0.2) is 18.8 Å². The first kappa shape index (κ1) is 21.8. The number of likely N-dealkylation sites (N-methyl/N-ethyl adjacent to an activating group) is 1. The number of urea groups is 1. The number of imide groups is 1. The van der Waals surface area contributed by atoms with Crippen LogP contribution in [0.25, 0.3) is 0 Å². The predicted molar refractivity (Wildman–Crippen MR) is 121 cm³/mol. The summed E-state index contributed by atoms with van der Waals surface area (Å²) in [6.07, 6.45) is 3.44. The Kier molecular flexibility index (Phi) is 6.13. The largest absolute Gasteiger partial charge is 0.501 e. The van der Waals surface area contributed by atoms with Crippen LogP contribution < -0.4 is 5.32 Å². The highest BCUT2D eigenvalue weighted by molar-refractivity contribution is 7.98. The molecule has 4 amide bonds. The van der Waals surface area contributed by atoms with Gasteiger partial charge in [-0.05, 0) is 50.4 Å². The molecule has 0 aliphatic carbocycles. The first-order valence-electron chi connectivity index (χ1n) is 10.2. The number of hydrogen-bond acceptors (Lipinski definition) is 7. The van der Waals surface area contributed by atoms with Crippen molar-refractivity contribution in [2.24, 2.45) is 5.10 Å². The van der Waals surface area contributed by atoms with Crippen molar-refractivity contribution in [2.75, 3.05) is 24.7 Å². The van der Waals surface area contributed by atoms with Gasteiger partial charge in [0.1, 0.15) is 11.5 Å². The number of fused-ring (bicyclic) bond motifs is 1. The van der Waals surface area contributed by atoms with Crippen molar-refractivity contribution in [1.29, 1.82) is 0 Å². The van der Waals surface area contributed by atoms with E-state index in [1.165, 1.54) is 10.8 Å². The average molecular weight is 455 g/mol. The second-order valence-corrected chi connectivity index (χ2v) is 8.26. The lowest BCUT2D eigenvalue weighted by Gasteiger charge is -2.27. The maximum Gasteiger partial charge on any atom is 0.501 e. The van der Waals surface area contributed by atoms with Crippen molar-refractivity contribution in [2.45, 2.75) is 31.3 Å². The van der Waals surface area contributed by atoms with Crippen LogP contribution in [0.4, 0.5) is 10.5 Å².